The van der Waals surface area contributed by atoms with Gasteiger partial charge in [-0.25, -0.2) is 4.79 Å². The van der Waals surface area contributed by atoms with Crippen LogP contribution in [0.3, 0.4) is 0 Å². The van der Waals surface area contributed by atoms with Crippen LogP contribution in [0.1, 0.15) is 25.5 Å². The van der Waals surface area contributed by atoms with Gasteiger partial charge < -0.3 is 10.4 Å². The maximum absolute atomic E-state index is 12.0. The summed E-state index contributed by atoms with van der Waals surface area (Å²) >= 11 is 3.31. The Kier molecular flexibility index (Phi) is 3.64. The highest BCUT2D eigenvalue weighted by atomic mass is 79.9. The lowest BCUT2D eigenvalue weighted by atomic mass is 10.1. The van der Waals surface area contributed by atoms with E-state index in [9.17, 15) is 14.7 Å². The summed E-state index contributed by atoms with van der Waals surface area (Å²) in [5, 5.41) is 12.7. The summed E-state index contributed by atoms with van der Waals surface area (Å²) in [6, 6.07) is 6.63. The first-order chi connectivity index (χ1) is 8.81. The zero-order chi connectivity index (χ0) is 14.2. The van der Waals surface area contributed by atoms with Gasteiger partial charge in [0.2, 0.25) is 0 Å². The van der Waals surface area contributed by atoms with Gasteiger partial charge in [0.25, 0.3) is 5.91 Å². The summed E-state index contributed by atoms with van der Waals surface area (Å²) in [5.74, 6) is -0.325. The average molecular weight is 327 g/mol. The zero-order valence-corrected chi connectivity index (χ0v) is 12.3. The number of imide groups is 1. The van der Waals surface area contributed by atoms with Crippen molar-refractivity contribution in [1.29, 1.82) is 0 Å². The molecule has 0 radical (unpaired) electrons. The van der Waals surface area contributed by atoms with E-state index in [4.69, 9.17) is 0 Å². The number of carbonyl (C=O) groups excluding carboxylic acids is 2. The maximum Gasteiger partial charge on any atom is 0.325 e. The Labute approximate surface area is 119 Å². The molecule has 1 unspecified atom stereocenters. The standard InChI is InChI=1S/C13H15BrN2O3/c1-13(2)11(18)16(12(19)15-13)7-10(17)8-3-5-9(14)6-4-8/h3-6,10,17H,7H2,1-2H3,(H,15,19). The van der Waals surface area contributed by atoms with E-state index in [1.165, 1.54) is 0 Å². The van der Waals surface area contributed by atoms with Crippen LogP contribution in [0.2, 0.25) is 0 Å². The Balaban J connectivity index is 2.11. The second kappa shape index (κ2) is 4.94. The molecule has 0 aliphatic carbocycles. The van der Waals surface area contributed by atoms with Crippen molar-refractivity contribution >= 4 is 27.9 Å². The van der Waals surface area contributed by atoms with E-state index in [0.717, 1.165) is 9.37 Å². The van der Waals surface area contributed by atoms with Gasteiger partial charge in [-0.3, -0.25) is 9.69 Å². The second-order valence-electron chi connectivity index (χ2n) is 5.04. The van der Waals surface area contributed by atoms with Crippen molar-refractivity contribution in [3.63, 3.8) is 0 Å². The van der Waals surface area contributed by atoms with E-state index in [2.05, 4.69) is 21.2 Å². The number of nitrogens with one attached hydrogen (secondary N) is 1. The molecule has 5 nitrogen and oxygen atoms in total. The highest BCUT2D eigenvalue weighted by Crippen LogP contribution is 2.22. The summed E-state index contributed by atoms with van der Waals surface area (Å²) in [6.07, 6.45) is -0.892. The van der Waals surface area contributed by atoms with E-state index in [1.807, 2.05) is 0 Å². The summed E-state index contributed by atoms with van der Waals surface area (Å²) in [4.78, 5) is 24.7. The van der Waals surface area contributed by atoms with Crippen molar-refractivity contribution in [2.75, 3.05) is 6.54 Å². The number of aliphatic hydroxyl groups excluding tert-OH is 1. The van der Waals surface area contributed by atoms with Gasteiger partial charge in [-0.05, 0) is 31.5 Å². The number of carbonyl (C=O) groups is 2. The van der Waals surface area contributed by atoms with Crippen LogP contribution in [0.25, 0.3) is 0 Å². The molecule has 0 bridgehead atoms. The van der Waals surface area contributed by atoms with Crippen LogP contribution in [0.15, 0.2) is 28.7 Å². The summed E-state index contributed by atoms with van der Waals surface area (Å²) in [6.45, 7) is 3.23. The SMILES string of the molecule is CC1(C)NC(=O)N(CC(O)c2ccc(Br)cc2)C1=O. The van der Waals surface area contributed by atoms with Crippen molar-refractivity contribution in [2.45, 2.75) is 25.5 Å². The third-order valence-electron chi connectivity index (χ3n) is 3.05. The number of hydrogen-bond donors (Lipinski definition) is 2. The Bertz CT molecular complexity index is 513. The molecule has 1 aliphatic rings. The normalized spacial score (nSPS) is 19.5. The third kappa shape index (κ3) is 2.79. The monoisotopic (exact) mass is 326 g/mol. The minimum Gasteiger partial charge on any atom is -0.387 e. The first kappa shape index (κ1) is 14.0. The molecule has 1 atom stereocenters. The maximum atomic E-state index is 12.0. The molecule has 6 heteroatoms. The number of rotatable bonds is 3. The van der Waals surface area contributed by atoms with E-state index in [1.54, 1.807) is 38.1 Å². The summed E-state index contributed by atoms with van der Waals surface area (Å²) < 4.78 is 0.902. The van der Waals surface area contributed by atoms with E-state index < -0.39 is 17.7 Å². The minimum atomic E-state index is -0.906. The Morgan fingerprint density at radius 1 is 1.32 bits per heavy atom. The number of nitrogens with zero attached hydrogens (tertiary/aromatic N) is 1. The fraction of sp³-hybridized carbons (Fsp3) is 0.385. The van der Waals surface area contributed by atoms with Crippen molar-refractivity contribution < 1.29 is 14.7 Å². The van der Waals surface area contributed by atoms with Crippen molar-refractivity contribution in [1.82, 2.24) is 10.2 Å². The molecule has 2 rings (SSSR count). The lowest BCUT2D eigenvalue weighted by Crippen LogP contribution is -2.40. The first-order valence-electron chi connectivity index (χ1n) is 5.89. The van der Waals surface area contributed by atoms with Gasteiger partial charge in [-0.1, -0.05) is 28.1 Å². The molecular formula is C13H15BrN2O3. The van der Waals surface area contributed by atoms with Crippen molar-refractivity contribution in [2.24, 2.45) is 0 Å². The van der Waals surface area contributed by atoms with Crippen LogP contribution in [0.5, 0.6) is 0 Å². The van der Waals surface area contributed by atoms with E-state index in [0.29, 0.717) is 5.56 Å². The molecule has 1 aromatic rings. The Hall–Kier alpha value is -1.40. The van der Waals surface area contributed by atoms with Gasteiger partial charge in [0, 0.05) is 4.47 Å². The number of urea groups is 1. The number of halogens is 1. The largest absolute Gasteiger partial charge is 0.387 e. The molecule has 0 aromatic heterocycles. The molecule has 3 amide bonds. The lowest BCUT2D eigenvalue weighted by molar-refractivity contribution is -0.131. The Morgan fingerprint density at radius 3 is 2.37 bits per heavy atom. The van der Waals surface area contributed by atoms with Gasteiger partial charge in [0.1, 0.15) is 5.54 Å². The van der Waals surface area contributed by atoms with Crippen LogP contribution in [-0.4, -0.2) is 34.0 Å². The van der Waals surface area contributed by atoms with Gasteiger partial charge >= 0.3 is 6.03 Å². The first-order valence-corrected chi connectivity index (χ1v) is 6.68. The number of hydrogen-bond acceptors (Lipinski definition) is 3. The minimum absolute atomic E-state index is 0.0459. The molecule has 1 aromatic carbocycles. The van der Waals surface area contributed by atoms with Crippen LogP contribution < -0.4 is 5.32 Å². The van der Waals surface area contributed by atoms with E-state index >= 15 is 0 Å². The van der Waals surface area contributed by atoms with Crippen molar-refractivity contribution in [3.8, 4) is 0 Å². The molecule has 2 N–H and O–H groups in total. The molecule has 0 saturated carbocycles. The molecular weight excluding hydrogens is 312 g/mol. The van der Waals surface area contributed by atoms with Gasteiger partial charge in [-0.2, -0.15) is 0 Å². The third-order valence-corrected chi connectivity index (χ3v) is 3.58. The topological polar surface area (TPSA) is 69.6 Å². The second-order valence-corrected chi connectivity index (χ2v) is 5.95. The van der Waals surface area contributed by atoms with Gasteiger partial charge in [-0.15, -0.1) is 0 Å². The fourth-order valence-corrected chi connectivity index (χ4v) is 2.21. The van der Waals surface area contributed by atoms with Crippen LogP contribution in [-0.2, 0) is 4.79 Å². The number of aliphatic hydroxyl groups is 1. The van der Waals surface area contributed by atoms with Crippen molar-refractivity contribution in [3.05, 3.63) is 34.3 Å². The summed E-state index contributed by atoms with van der Waals surface area (Å²) in [5.41, 5.74) is -0.246. The highest BCUT2D eigenvalue weighted by Gasteiger charge is 2.44. The fourth-order valence-electron chi connectivity index (χ4n) is 1.95. The zero-order valence-electron chi connectivity index (χ0n) is 10.7. The van der Waals surface area contributed by atoms with Crippen LogP contribution in [0.4, 0.5) is 4.79 Å². The van der Waals surface area contributed by atoms with Crippen LogP contribution in [0, 0.1) is 0 Å². The molecule has 102 valence electrons. The van der Waals surface area contributed by atoms with Gasteiger partial charge in [0.15, 0.2) is 0 Å². The average Bonchev–Trinajstić information content (AvgIpc) is 2.52. The number of β-amino-alcohol motifs (C(OH)–C–C–N with tert-alkyl or cyclic N) is 1. The predicted molar refractivity (Wildman–Crippen MR) is 73.4 cm³/mol. The highest BCUT2D eigenvalue weighted by molar-refractivity contribution is 9.10. The molecule has 19 heavy (non-hydrogen) atoms. The predicted octanol–water partition coefficient (Wildman–Crippen LogP) is 1.81. The molecule has 1 heterocycles. The molecule has 0 spiro atoms. The molecule has 1 fully saturated rings. The number of benzene rings is 1. The van der Waals surface area contributed by atoms with Crippen LogP contribution >= 0.6 is 15.9 Å². The Morgan fingerprint density at radius 2 is 1.89 bits per heavy atom. The molecule has 1 saturated heterocycles. The lowest BCUT2D eigenvalue weighted by Gasteiger charge is -2.19. The van der Waals surface area contributed by atoms with E-state index in [-0.39, 0.29) is 12.5 Å². The quantitative estimate of drug-likeness (QED) is 0.832. The van der Waals surface area contributed by atoms with Gasteiger partial charge in [0.05, 0.1) is 12.6 Å². The molecule has 1 aliphatic heterocycles. The number of amides is 3. The smallest absolute Gasteiger partial charge is 0.325 e. The summed E-state index contributed by atoms with van der Waals surface area (Å²) in [7, 11) is 0.